The third-order valence-corrected chi connectivity index (χ3v) is 6.17. The van der Waals surface area contributed by atoms with Crippen LogP contribution in [0.15, 0.2) is 66.7 Å². The molecular formula is C29H39N3O3. The topological polar surface area (TPSA) is 83.7 Å². The molecule has 6 nitrogen and oxygen atoms in total. The summed E-state index contributed by atoms with van der Waals surface area (Å²) in [6.07, 6.45) is 4.59. The van der Waals surface area contributed by atoms with Crippen LogP contribution in [-0.4, -0.2) is 59.1 Å². The standard InChI is InChI=1S/C29H39N3O3/c1-7-25(21(2)33)32(6)28(35)26(31(5)27(34)14-11-19-29(3,4)30)20-22-15-17-24(18-16-22)23-12-9-8-10-13-23/h8-18,25-26H,7,19-20,30H2,1-6H3/b14-11+/t25?,26-/m1/s1. The van der Waals surface area contributed by atoms with Crippen molar-refractivity contribution in [3.63, 3.8) is 0 Å². The first-order valence-electron chi connectivity index (χ1n) is 12.1. The van der Waals surface area contributed by atoms with Crippen molar-refractivity contribution in [3.05, 3.63) is 72.3 Å². The molecule has 0 heterocycles. The van der Waals surface area contributed by atoms with E-state index in [1.165, 1.54) is 22.8 Å². The van der Waals surface area contributed by atoms with Crippen molar-refractivity contribution in [2.24, 2.45) is 5.73 Å². The molecule has 0 saturated carbocycles. The maximum absolute atomic E-state index is 13.6. The van der Waals surface area contributed by atoms with E-state index in [1.807, 2.05) is 75.4 Å². The Morgan fingerprint density at radius 3 is 2.00 bits per heavy atom. The molecule has 0 radical (unpaired) electrons. The first kappa shape index (κ1) is 28.0. The SMILES string of the molecule is CCC(C(C)=O)N(C)C(=O)[C@@H](Cc1ccc(-c2ccccc2)cc1)N(C)C(=O)/C=C/CC(C)(C)N. The van der Waals surface area contributed by atoms with E-state index in [0.29, 0.717) is 19.3 Å². The summed E-state index contributed by atoms with van der Waals surface area (Å²) in [4.78, 5) is 41.6. The summed E-state index contributed by atoms with van der Waals surface area (Å²) in [5, 5.41) is 0. The van der Waals surface area contributed by atoms with Gasteiger partial charge in [-0.15, -0.1) is 0 Å². The molecule has 2 rings (SSSR count). The number of nitrogens with zero attached hydrogens (tertiary/aromatic N) is 2. The molecule has 0 bridgehead atoms. The van der Waals surface area contributed by atoms with Crippen LogP contribution >= 0.6 is 0 Å². The Bertz CT molecular complexity index is 1020. The molecule has 0 aliphatic rings. The highest BCUT2D eigenvalue weighted by molar-refractivity contribution is 5.94. The Kier molecular flexibility index (Phi) is 9.96. The van der Waals surface area contributed by atoms with Gasteiger partial charge in [-0.2, -0.15) is 0 Å². The number of carbonyl (C=O) groups is 3. The smallest absolute Gasteiger partial charge is 0.246 e. The first-order valence-corrected chi connectivity index (χ1v) is 12.1. The Morgan fingerprint density at radius 2 is 1.49 bits per heavy atom. The van der Waals surface area contributed by atoms with Crippen LogP contribution in [-0.2, 0) is 20.8 Å². The van der Waals surface area contributed by atoms with E-state index < -0.39 is 17.6 Å². The van der Waals surface area contributed by atoms with Gasteiger partial charge in [-0.05, 0) is 56.4 Å². The van der Waals surface area contributed by atoms with Gasteiger partial charge in [0.25, 0.3) is 0 Å². The normalized spacial score (nSPS) is 13.3. The monoisotopic (exact) mass is 477 g/mol. The van der Waals surface area contributed by atoms with Gasteiger partial charge in [0.1, 0.15) is 6.04 Å². The Hall–Kier alpha value is -3.25. The largest absolute Gasteiger partial charge is 0.334 e. The third kappa shape index (κ3) is 8.18. The molecule has 35 heavy (non-hydrogen) atoms. The predicted molar refractivity (Wildman–Crippen MR) is 142 cm³/mol. The van der Waals surface area contributed by atoms with Gasteiger partial charge in [0, 0.05) is 26.1 Å². The second kappa shape index (κ2) is 12.5. The van der Waals surface area contributed by atoms with Crippen LogP contribution in [0, 0.1) is 0 Å². The first-order chi connectivity index (χ1) is 16.4. The lowest BCUT2D eigenvalue weighted by atomic mass is 9.98. The summed E-state index contributed by atoms with van der Waals surface area (Å²) >= 11 is 0. The van der Waals surface area contributed by atoms with E-state index in [1.54, 1.807) is 20.2 Å². The van der Waals surface area contributed by atoms with E-state index in [9.17, 15) is 14.4 Å². The van der Waals surface area contributed by atoms with E-state index in [2.05, 4.69) is 0 Å². The number of carbonyl (C=O) groups excluding carboxylic acids is 3. The molecule has 188 valence electrons. The average molecular weight is 478 g/mol. The summed E-state index contributed by atoms with van der Waals surface area (Å²) in [6.45, 7) is 7.14. The number of ketones is 1. The lowest BCUT2D eigenvalue weighted by molar-refractivity contribution is -0.145. The quantitative estimate of drug-likeness (QED) is 0.491. The summed E-state index contributed by atoms with van der Waals surface area (Å²) in [6, 6.07) is 16.8. The van der Waals surface area contributed by atoms with Gasteiger partial charge in [0.2, 0.25) is 11.8 Å². The van der Waals surface area contributed by atoms with Crippen molar-refractivity contribution in [3.8, 4) is 11.1 Å². The van der Waals surface area contributed by atoms with Crippen LogP contribution in [0.3, 0.4) is 0 Å². The fourth-order valence-corrected chi connectivity index (χ4v) is 4.03. The predicted octanol–water partition coefficient (Wildman–Crippen LogP) is 4.23. The number of amides is 2. The van der Waals surface area contributed by atoms with Crippen LogP contribution in [0.4, 0.5) is 0 Å². The molecule has 2 N–H and O–H groups in total. The number of nitrogens with two attached hydrogens (primary N) is 1. The highest BCUT2D eigenvalue weighted by Gasteiger charge is 2.32. The van der Waals surface area contributed by atoms with E-state index >= 15 is 0 Å². The lowest BCUT2D eigenvalue weighted by Gasteiger charge is -2.33. The molecule has 2 amide bonds. The second-order valence-electron chi connectivity index (χ2n) is 9.81. The van der Waals surface area contributed by atoms with Gasteiger partial charge in [-0.25, -0.2) is 0 Å². The van der Waals surface area contributed by atoms with E-state index in [-0.39, 0.29) is 17.6 Å². The summed E-state index contributed by atoms with van der Waals surface area (Å²) in [5.41, 5.74) is 8.70. The van der Waals surface area contributed by atoms with Crippen molar-refractivity contribution in [1.29, 1.82) is 0 Å². The highest BCUT2D eigenvalue weighted by Crippen LogP contribution is 2.21. The van der Waals surface area contributed by atoms with Gasteiger partial charge in [0.15, 0.2) is 5.78 Å². The number of benzene rings is 2. The van der Waals surface area contributed by atoms with E-state index in [0.717, 1.165) is 16.7 Å². The summed E-state index contributed by atoms with van der Waals surface area (Å²) in [7, 11) is 3.26. The number of Topliss-reactive ketones (excluding diaryl/α,β-unsaturated/α-hetero) is 1. The molecule has 2 aromatic carbocycles. The number of likely N-dealkylation sites (N-methyl/N-ethyl adjacent to an activating group) is 2. The molecule has 0 aromatic heterocycles. The van der Waals surface area contributed by atoms with Crippen molar-refractivity contribution >= 4 is 17.6 Å². The zero-order valence-electron chi connectivity index (χ0n) is 21.8. The van der Waals surface area contributed by atoms with Gasteiger partial charge >= 0.3 is 0 Å². The highest BCUT2D eigenvalue weighted by atomic mass is 16.2. The van der Waals surface area contributed by atoms with Crippen molar-refractivity contribution in [2.75, 3.05) is 14.1 Å². The van der Waals surface area contributed by atoms with Gasteiger partial charge in [0.05, 0.1) is 6.04 Å². The van der Waals surface area contributed by atoms with Crippen molar-refractivity contribution in [2.45, 2.75) is 64.6 Å². The summed E-state index contributed by atoms with van der Waals surface area (Å²) in [5.74, 6) is -0.617. The van der Waals surface area contributed by atoms with Crippen LogP contribution in [0.2, 0.25) is 0 Å². The van der Waals surface area contributed by atoms with Crippen LogP contribution < -0.4 is 5.73 Å². The second-order valence-corrected chi connectivity index (χ2v) is 9.81. The summed E-state index contributed by atoms with van der Waals surface area (Å²) < 4.78 is 0. The van der Waals surface area contributed by atoms with Crippen LogP contribution in [0.1, 0.15) is 46.1 Å². The van der Waals surface area contributed by atoms with Gasteiger partial charge in [-0.3, -0.25) is 14.4 Å². The molecular weight excluding hydrogens is 438 g/mol. The minimum Gasteiger partial charge on any atom is -0.334 e. The fraction of sp³-hybridized carbons (Fsp3) is 0.414. The van der Waals surface area contributed by atoms with Crippen molar-refractivity contribution in [1.82, 2.24) is 9.80 Å². The lowest BCUT2D eigenvalue weighted by Crippen LogP contribution is -2.53. The van der Waals surface area contributed by atoms with E-state index in [4.69, 9.17) is 5.73 Å². The third-order valence-electron chi connectivity index (χ3n) is 6.17. The molecule has 1 unspecified atom stereocenters. The van der Waals surface area contributed by atoms with Crippen LogP contribution in [0.25, 0.3) is 11.1 Å². The number of hydrogen-bond acceptors (Lipinski definition) is 4. The maximum Gasteiger partial charge on any atom is 0.246 e. The molecule has 2 atom stereocenters. The van der Waals surface area contributed by atoms with Crippen molar-refractivity contribution < 1.29 is 14.4 Å². The molecule has 0 aliphatic carbocycles. The Balaban J connectivity index is 2.31. The molecule has 0 fully saturated rings. The van der Waals surface area contributed by atoms with Crippen LogP contribution in [0.5, 0.6) is 0 Å². The zero-order chi connectivity index (χ0) is 26.2. The molecule has 0 aliphatic heterocycles. The maximum atomic E-state index is 13.6. The zero-order valence-corrected chi connectivity index (χ0v) is 21.8. The average Bonchev–Trinajstić information content (AvgIpc) is 2.82. The minimum absolute atomic E-state index is 0.0756. The minimum atomic E-state index is -0.751. The molecule has 0 saturated heterocycles. The number of hydrogen-bond donors (Lipinski definition) is 1. The Labute approximate surface area is 209 Å². The van der Waals surface area contributed by atoms with Gasteiger partial charge < -0.3 is 15.5 Å². The fourth-order valence-electron chi connectivity index (χ4n) is 4.03. The number of rotatable bonds is 11. The molecule has 2 aromatic rings. The molecule has 0 spiro atoms. The Morgan fingerprint density at radius 1 is 0.914 bits per heavy atom. The molecule has 6 heteroatoms. The van der Waals surface area contributed by atoms with Gasteiger partial charge in [-0.1, -0.05) is 67.6 Å².